The molecule has 2 rings (SSSR count). The predicted molar refractivity (Wildman–Crippen MR) is 87.1 cm³/mol. The van der Waals surface area contributed by atoms with E-state index in [9.17, 15) is 4.39 Å². The lowest BCUT2D eigenvalue weighted by atomic mass is 10.1. The van der Waals surface area contributed by atoms with Crippen molar-refractivity contribution in [2.45, 2.75) is 30.7 Å². The molecule has 4 heteroatoms. The lowest BCUT2D eigenvalue weighted by molar-refractivity contribution is 0.550. The van der Waals surface area contributed by atoms with Crippen molar-refractivity contribution in [3.8, 4) is 0 Å². The number of halogens is 1. The van der Waals surface area contributed by atoms with E-state index in [2.05, 4.69) is 17.2 Å². The first-order chi connectivity index (χ1) is 10.3. The molecule has 0 saturated heterocycles. The summed E-state index contributed by atoms with van der Waals surface area (Å²) >= 11 is 1.69. The van der Waals surface area contributed by atoms with Gasteiger partial charge in [0.1, 0.15) is 5.82 Å². The van der Waals surface area contributed by atoms with Crippen LogP contribution in [0.4, 0.5) is 4.39 Å². The Morgan fingerprint density at radius 3 is 2.76 bits per heavy atom. The fourth-order valence-electron chi connectivity index (χ4n) is 2.10. The van der Waals surface area contributed by atoms with Crippen molar-refractivity contribution in [3.05, 3.63) is 60.2 Å². The van der Waals surface area contributed by atoms with Gasteiger partial charge in [-0.05, 0) is 55.3 Å². The normalized spacial score (nSPS) is 12.3. The molecule has 0 radical (unpaired) electrons. The second-order valence-corrected chi connectivity index (χ2v) is 6.07. The molecule has 2 aromatic rings. The molecule has 1 aromatic heterocycles. The average Bonchev–Trinajstić information content (AvgIpc) is 2.51. The first-order valence-corrected chi connectivity index (χ1v) is 8.27. The number of hydrogen-bond acceptors (Lipinski definition) is 3. The second-order valence-electron chi connectivity index (χ2n) is 4.98. The first kappa shape index (κ1) is 16.0. The topological polar surface area (TPSA) is 24.9 Å². The number of nitrogens with zero attached hydrogens (tertiary/aromatic N) is 1. The quantitative estimate of drug-likeness (QED) is 0.748. The summed E-state index contributed by atoms with van der Waals surface area (Å²) in [5, 5.41) is 3.57. The SMILES string of the molecule is CCCNC(CSc1cccc(F)c1)Cc1ccncc1. The molecular formula is C17H21FN2S. The Hall–Kier alpha value is -1.39. The third-order valence-corrected chi connectivity index (χ3v) is 4.32. The fourth-order valence-corrected chi connectivity index (χ4v) is 3.10. The van der Waals surface area contributed by atoms with Crippen molar-refractivity contribution < 1.29 is 4.39 Å². The molecule has 0 bridgehead atoms. The van der Waals surface area contributed by atoms with Gasteiger partial charge in [0.05, 0.1) is 0 Å². The van der Waals surface area contributed by atoms with Gasteiger partial charge in [-0.25, -0.2) is 4.39 Å². The van der Waals surface area contributed by atoms with Crippen molar-refractivity contribution in [1.29, 1.82) is 0 Å². The molecule has 0 aliphatic heterocycles. The van der Waals surface area contributed by atoms with Gasteiger partial charge in [0.2, 0.25) is 0 Å². The van der Waals surface area contributed by atoms with Crippen LogP contribution < -0.4 is 5.32 Å². The van der Waals surface area contributed by atoms with Gasteiger partial charge in [-0.3, -0.25) is 4.98 Å². The molecule has 0 fully saturated rings. The van der Waals surface area contributed by atoms with Crippen LogP contribution in [0.25, 0.3) is 0 Å². The van der Waals surface area contributed by atoms with Crippen LogP contribution in [-0.4, -0.2) is 23.3 Å². The maximum absolute atomic E-state index is 13.2. The van der Waals surface area contributed by atoms with Crippen LogP contribution in [0.3, 0.4) is 0 Å². The Morgan fingerprint density at radius 1 is 1.24 bits per heavy atom. The van der Waals surface area contributed by atoms with Crippen molar-refractivity contribution in [2.24, 2.45) is 0 Å². The van der Waals surface area contributed by atoms with Crippen LogP contribution in [0.1, 0.15) is 18.9 Å². The van der Waals surface area contributed by atoms with E-state index < -0.39 is 0 Å². The van der Waals surface area contributed by atoms with Crippen molar-refractivity contribution in [3.63, 3.8) is 0 Å². The van der Waals surface area contributed by atoms with Crippen LogP contribution in [0, 0.1) is 5.82 Å². The summed E-state index contributed by atoms with van der Waals surface area (Å²) in [6.45, 7) is 3.16. The summed E-state index contributed by atoms with van der Waals surface area (Å²) in [4.78, 5) is 5.03. The number of nitrogens with one attached hydrogen (secondary N) is 1. The van der Waals surface area contributed by atoms with Crippen molar-refractivity contribution in [2.75, 3.05) is 12.3 Å². The molecule has 112 valence electrons. The molecule has 21 heavy (non-hydrogen) atoms. The number of benzene rings is 1. The number of thioether (sulfide) groups is 1. The minimum absolute atomic E-state index is 0.174. The summed E-state index contributed by atoms with van der Waals surface area (Å²) in [7, 11) is 0. The van der Waals surface area contributed by atoms with Crippen LogP contribution in [0.15, 0.2) is 53.7 Å². The van der Waals surface area contributed by atoms with E-state index in [4.69, 9.17) is 0 Å². The smallest absolute Gasteiger partial charge is 0.124 e. The maximum atomic E-state index is 13.2. The number of rotatable bonds is 8. The number of hydrogen-bond donors (Lipinski definition) is 1. The minimum atomic E-state index is -0.174. The Balaban J connectivity index is 1.92. The maximum Gasteiger partial charge on any atom is 0.124 e. The summed E-state index contributed by atoms with van der Waals surface area (Å²) in [6, 6.07) is 11.3. The highest BCUT2D eigenvalue weighted by Crippen LogP contribution is 2.20. The van der Waals surface area contributed by atoms with E-state index in [1.165, 1.54) is 11.6 Å². The summed E-state index contributed by atoms with van der Waals surface area (Å²) in [5.74, 6) is 0.749. The molecule has 0 amide bonds. The summed E-state index contributed by atoms with van der Waals surface area (Å²) < 4.78 is 13.2. The molecule has 1 unspecified atom stereocenters. The van der Waals surface area contributed by atoms with Gasteiger partial charge < -0.3 is 5.32 Å². The zero-order valence-corrected chi connectivity index (χ0v) is 13.1. The third-order valence-electron chi connectivity index (χ3n) is 3.16. The zero-order chi connectivity index (χ0) is 14.9. The lowest BCUT2D eigenvalue weighted by Crippen LogP contribution is -2.34. The Bertz CT molecular complexity index is 533. The van der Waals surface area contributed by atoms with Crippen molar-refractivity contribution >= 4 is 11.8 Å². The monoisotopic (exact) mass is 304 g/mol. The number of aromatic nitrogens is 1. The van der Waals surface area contributed by atoms with Crippen LogP contribution in [0.2, 0.25) is 0 Å². The van der Waals surface area contributed by atoms with E-state index in [0.29, 0.717) is 6.04 Å². The average molecular weight is 304 g/mol. The van der Waals surface area contributed by atoms with Gasteiger partial charge in [0, 0.05) is 29.1 Å². The summed E-state index contributed by atoms with van der Waals surface area (Å²) in [5.41, 5.74) is 1.28. The molecule has 0 spiro atoms. The van der Waals surface area contributed by atoms with Gasteiger partial charge >= 0.3 is 0 Å². The molecule has 0 aliphatic carbocycles. The van der Waals surface area contributed by atoms with E-state index in [-0.39, 0.29) is 5.82 Å². The molecule has 1 heterocycles. The van der Waals surface area contributed by atoms with E-state index in [1.54, 1.807) is 23.9 Å². The Kier molecular flexibility index (Phi) is 6.70. The molecule has 0 saturated carbocycles. The highest BCUT2D eigenvalue weighted by atomic mass is 32.2. The van der Waals surface area contributed by atoms with E-state index in [1.807, 2.05) is 30.6 Å². The number of pyridine rings is 1. The van der Waals surface area contributed by atoms with Gasteiger partial charge in [-0.2, -0.15) is 0 Å². The zero-order valence-electron chi connectivity index (χ0n) is 12.3. The standard InChI is InChI=1S/C17H21FN2S/c1-2-8-20-16(11-14-6-9-19-10-7-14)13-21-17-5-3-4-15(18)12-17/h3-7,9-10,12,16,20H,2,8,11,13H2,1H3. The molecule has 1 atom stereocenters. The molecule has 1 N–H and O–H groups in total. The van der Waals surface area contributed by atoms with E-state index >= 15 is 0 Å². The van der Waals surface area contributed by atoms with E-state index in [0.717, 1.165) is 30.0 Å². The Morgan fingerprint density at radius 2 is 2.05 bits per heavy atom. The highest BCUT2D eigenvalue weighted by molar-refractivity contribution is 7.99. The summed E-state index contributed by atoms with van der Waals surface area (Å²) in [6.07, 6.45) is 5.72. The van der Waals surface area contributed by atoms with Gasteiger partial charge in [0.15, 0.2) is 0 Å². The lowest BCUT2D eigenvalue weighted by Gasteiger charge is -2.18. The van der Waals surface area contributed by atoms with Gasteiger partial charge in [-0.1, -0.05) is 13.0 Å². The molecule has 2 nitrogen and oxygen atoms in total. The van der Waals surface area contributed by atoms with Crippen LogP contribution in [-0.2, 0) is 6.42 Å². The van der Waals surface area contributed by atoms with Crippen LogP contribution >= 0.6 is 11.8 Å². The van der Waals surface area contributed by atoms with Gasteiger partial charge in [-0.15, -0.1) is 11.8 Å². The fraction of sp³-hybridized carbons (Fsp3) is 0.353. The molecule has 1 aromatic carbocycles. The molecule has 0 aliphatic rings. The second kappa shape index (κ2) is 8.80. The van der Waals surface area contributed by atoms with Crippen LogP contribution in [0.5, 0.6) is 0 Å². The van der Waals surface area contributed by atoms with Crippen molar-refractivity contribution in [1.82, 2.24) is 10.3 Å². The first-order valence-electron chi connectivity index (χ1n) is 7.28. The molecular weight excluding hydrogens is 283 g/mol. The third kappa shape index (κ3) is 5.86. The highest BCUT2D eigenvalue weighted by Gasteiger charge is 2.10. The largest absolute Gasteiger partial charge is 0.313 e. The predicted octanol–water partition coefficient (Wildman–Crippen LogP) is 3.92. The Labute approximate surface area is 130 Å². The minimum Gasteiger partial charge on any atom is -0.313 e. The van der Waals surface area contributed by atoms with Gasteiger partial charge in [0.25, 0.3) is 0 Å².